The van der Waals surface area contributed by atoms with Crippen LogP contribution in [0.15, 0.2) is 53.0 Å². The number of nitrogens with one attached hydrogen (secondary N) is 2. The lowest BCUT2D eigenvalue weighted by molar-refractivity contribution is -0.116. The molecule has 0 fully saturated rings. The number of hydrogen-bond donors (Lipinski definition) is 2. The predicted molar refractivity (Wildman–Crippen MR) is 109 cm³/mol. The molecule has 0 aliphatic rings. The van der Waals surface area contributed by atoms with Gasteiger partial charge in [0.05, 0.1) is 6.61 Å². The summed E-state index contributed by atoms with van der Waals surface area (Å²) in [6, 6.07) is 15.6. The zero-order valence-electron chi connectivity index (χ0n) is 14.3. The Kier molecular flexibility index (Phi) is 10.2. The van der Waals surface area contributed by atoms with Gasteiger partial charge < -0.3 is 15.4 Å². The van der Waals surface area contributed by atoms with Crippen molar-refractivity contribution in [1.82, 2.24) is 5.32 Å². The van der Waals surface area contributed by atoms with Crippen LogP contribution < -0.4 is 15.4 Å². The van der Waals surface area contributed by atoms with Crippen molar-refractivity contribution in [2.45, 2.75) is 26.3 Å². The third-order valence-electron chi connectivity index (χ3n) is 3.47. The summed E-state index contributed by atoms with van der Waals surface area (Å²) in [5.41, 5.74) is 1.97. The molecule has 0 spiro atoms. The average Bonchev–Trinajstić information content (AvgIpc) is 2.58. The number of rotatable bonds is 9. The first-order valence-corrected chi connectivity index (χ1v) is 8.95. The van der Waals surface area contributed by atoms with Gasteiger partial charge in [-0.25, -0.2) is 0 Å². The summed E-state index contributed by atoms with van der Waals surface area (Å²) in [6.07, 6.45) is 1.11. The Balaban J connectivity index is 0.00000312. The molecule has 1 amide bonds. The highest BCUT2D eigenvalue weighted by Gasteiger charge is 2.06. The third-order valence-corrected chi connectivity index (χ3v) is 3.96. The number of carbonyl (C=O) groups is 1. The van der Waals surface area contributed by atoms with E-state index in [9.17, 15) is 4.79 Å². The second-order valence-corrected chi connectivity index (χ2v) is 6.31. The first-order valence-electron chi connectivity index (χ1n) is 8.16. The van der Waals surface area contributed by atoms with E-state index in [4.69, 9.17) is 4.74 Å². The molecule has 0 atom stereocenters. The molecule has 4 nitrogen and oxygen atoms in total. The van der Waals surface area contributed by atoms with Crippen molar-refractivity contribution in [2.24, 2.45) is 0 Å². The van der Waals surface area contributed by atoms with E-state index < -0.39 is 0 Å². The Morgan fingerprint density at radius 1 is 1.16 bits per heavy atom. The Morgan fingerprint density at radius 3 is 2.72 bits per heavy atom. The molecule has 0 aliphatic carbocycles. The maximum absolute atomic E-state index is 12.1. The molecule has 2 rings (SSSR count). The van der Waals surface area contributed by atoms with Crippen molar-refractivity contribution in [3.05, 3.63) is 58.6 Å². The van der Waals surface area contributed by atoms with Crippen LogP contribution in [-0.4, -0.2) is 19.1 Å². The van der Waals surface area contributed by atoms with Gasteiger partial charge in [-0.05, 0) is 42.8 Å². The van der Waals surface area contributed by atoms with Gasteiger partial charge in [-0.2, -0.15) is 0 Å². The van der Waals surface area contributed by atoms with Crippen molar-refractivity contribution in [3.63, 3.8) is 0 Å². The topological polar surface area (TPSA) is 50.4 Å². The van der Waals surface area contributed by atoms with Gasteiger partial charge in [0.15, 0.2) is 0 Å². The maximum atomic E-state index is 12.1. The summed E-state index contributed by atoms with van der Waals surface area (Å²) >= 11 is 3.41. The minimum atomic E-state index is 0. The van der Waals surface area contributed by atoms with Gasteiger partial charge in [0, 0.05) is 23.1 Å². The quantitative estimate of drug-likeness (QED) is 0.566. The Bertz CT molecular complexity index is 667. The van der Waals surface area contributed by atoms with Crippen LogP contribution in [0.4, 0.5) is 5.69 Å². The fourth-order valence-corrected chi connectivity index (χ4v) is 2.63. The van der Waals surface area contributed by atoms with Crippen LogP contribution in [0.25, 0.3) is 0 Å². The van der Waals surface area contributed by atoms with Gasteiger partial charge in [-0.3, -0.25) is 4.79 Å². The lowest BCUT2D eigenvalue weighted by Gasteiger charge is -2.11. The Hall–Kier alpha value is -1.56. The standard InChI is InChI=1S/C19H23BrN2O2.ClH/c1-2-21-14-15-7-3-4-10-18(15)22-19(23)11-6-12-24-17-9-5-8-16(20)13-17;/h3-5,7-10,13,21H,2,6,11-12,14H2,1H3,(H,22,23);1H. The van der Waals surface area contributed by atoms with Gasteiger partial charge in [-0.15, -0.1) is 12.4 Å². The molecule has 0 aliphatic heterocycles. The molecule has 0 saturated carbocycles. The van der Waals surface area contributed by atoms with Crippen molar-refractivity contribution in [3.8, 4) is 5.75 Å². The molecule has 2 aromatic rings. The molecular weight excluding hydrogens is 404 g/mol. The minimum absolute atomic E-state index is 0. The minimum Gasteiger partial charge on any atom is -0.494 e. The van der Waals surface area contributed by atoms with E-state index in [0.717, 1.165) is 34.6 Å². The van der Waals surface area contributed by atoms with E-state index in [1.165, 1.54) is 0 Å². The second-order valence-electron chi connectivity index (χ2n) is 5.40. The molecule has 0 radical (unpaired) electrons. The predicted octanol–water partition coefficient (Wildman–Crippen LogP) is 4.78. The zero-order valence-corrected chi connectivity index (χ0v) is 16.7. The third kappa shape index (κ3) is 7.90. The molecule has 2 aromatic carbocycles. The highest BCUT2D eigenvalue weighted by Crippen LogP contribution is 2.18. The number of carbonyl (C=O) groups excluding carboxylic acids is 1. The lowest BCUT2D eigenvalue weighted by atomic mass is 10.1. The van der Waals surface area contributed by atoms with Crippen molar-refractivity contribution < 1.29 is 9.53 Å². The second kappa shape index (κ2) is 11.9. The van der Waals surface area contributed by atoms with Gasteiger partial charge in [0.2, 0.25) is 5.91 Å². The number of amides is 1. The molecule has 136 valence electrons. The van der Waals surface area contributed by atoms with Crippen LogP contribution in [0.1, 0.15) is 25.3 Å². The van der Waals surface area contributed by atoms with Gasteiger partial charge >= 0.3 is 0 Å². The molecule has 2 N–H and O–H groups in total. The van der Waals surface area contributed by atoms with Crippen molar-refractivity contribution in [2.75, 3.05) is 18.5 Å². The fourth-order valence-electron chi connectivity index (χ4n) is 2.25. The normalized spacial score (nSPS) is 10.0. The van der Waals surface area contributed by atoms with Crippen LogP contribution in [0.3, 0.4) is 0 Å². The molecule has 6 heteroatoms. The number of para-hydroxylation sites is 1. The summed E-state index contributed by atoms with van der Waals surface area (Å²) in [7, 11) is 0. The summed E-state index contributed by atoms with van der Waals surface area (Å²) in [5.74, 6) is 0.817. The van der Waals surface area contributed by atoms with E-state index in [-0.39, 0.29) is 18.3 Å². The number of halogens is 2. The zero-order chi connectivity index (χ0) is 17.2. The largest absolute Gasteiger partial charge is 0.494 e. The van der Waals surface area contributed by atoms with Crippen molar-refractivity contribution >= 4 is 39.9 Å². The fraction of sp³-hybridized carbons (Fsp3) is 0.316. The van der Waals surface area contributed by atoms with Crippen LogP contribution >= 0.6 is 28.3 Å². The molecule has 0 heterocycles. The highest BCUT2D eigenvalue weighted by molar-refractivity contribution is 9.10. The number of hydrogen-bond acceptors (Lipinski definition) is 3. The first-order chi connectivity index (χ1) is 11.7. The van der Waals surface area contributed by atoms with E-state index in [2.05, 4.69) is 33.5 Å². The SMILES string of the molecule is CCNCc1ccccc1NC(=O)CCCOc1cccc(Br)c1.Cl. The smallest absolute Gasteiger partial charge is 0.224 e. The molecule has 0 saturated heterocycles. The molecule has 25 heavy (non-hydrogen) atoms. The van der Waals surface area contributed by atoms with Gasteiger partial charge in [0.1, 0.15) is 5.75 Å². The van der Waals surface area contributed by atoms with Gasteiger partial charge in [0.25, 0.3) is 0 Å². The summed E-state index contributed by atoms with van der Waals surface area (Å²) in [4.78, 5) is 12.1. The molecule has 0 unspecified atom stereocenters. The van der Waals surface area contributed by atoms with E-state index in [0.29, 0.717) is 19.4 Å². The van der Waals surface area contributed by atoms with E-state index >= 15 is 0 Å². The molecule has 0 aromatic heterocycles. The summed E-state index contributed by atoms with van der Waals surface area (Å²) < 4.78 is 6.63. The van der Waals surface area contributed by atoms with Crippen molar-refractivity contribution in [1.29, 1.82) is 0 Å². The summed E-state index contributed by atoms with van der Waals surface area (Å²) in [6.45, 7) is 4.23. The van der Waals surface area contributed by atoms with Crippen LogP contribution in [-0.2, 0) is 11.3 Å². The van der Waals surface area contributed by atoms with Crippen LogP contribution in [0.2, 0.25) is 0 Å². The highest BCUT2D eigenvalue weighted by atomic mass is 79.9. The number of ether oxygens (including phenoxy) is 1. The first kappa shape index (κ1) is 21.5. The monoisotopic (exact) mass is 426 g/mol. The van der Waals surface area contributed by atoms with Gasteiger partial charge in [-0.1, -0.05) is 47.1 Å². The van der Waals surface area contributed by atoms with E-state index in [1.807, 2.05) is 48.5 Å². The summed E-state index contributed by atoms with van der Waals surface area (Å²) in [5, 5.41) is 6.26. The molecule has 0 bridgehead atoms. The lowest BCUT2D eigenvalue weighted by Crippen LogP contribution is -2.17. The van der Waals surface area contributed by atoms with Crippen LogP contribution in [0.5, 0.6) is 5.75 Å². The Labute approximate surface area is 163 Å². The van der Waals surface area contributed by atoms with E-state index in [1.54, 1.807) is 0 Å². The molecular formula is C19H24BrClN2O2. The van der Waals surface area contributed by atoms with Crippen LogP contribution in [0, 0.1) is 0 Å². The number of anilines is 1. The Morgan fingerprint density at radius 2 is 1.96 bits per heavy atom. The average molecular weight is 428 g/mol. The maximum Gasteiger partial charge on any atom is 0.224 e. The number of benzene rings is 2.